The van der Waals surface area contributed by atoms with Crippen LogP contribution in [0.15, 0.2) is 0 Å². The lowest BCUT2D eigenvalue weighted by Gasteiger charge is -2.30. The molecule has 2 fully saturated rings. The smallest absolute Gasteiger partial charge is 0.223 e. The van der Waals surface area contributed by atoms with Gasteiger partial charge in [-0.3, -0.25) is 4.79 Å². The highest BCUT2D eigenvalue weighted by molar-refractivity contribution is 5.79. The molecule has 0 bridgehead atoms. The summed E-state index contributed by atoms with van der Waals surface area (Å²) in [5.74, 6) is 0.402. The van der Waals surface area contributed by atoms with Crippen molar-refractivity contribution in [1.29, 1.82) is 5.26 Å². The summed E-state index contributed by atoms with van der Waals surface area (Å²) in [6.45, 7) is 0. The monoisotopic (exact) mass is 206 g/mol. The Morgan fingerprint density at radius 1 is 1.20 bits per heavy atom. The third-order valence-corrected chi connectivity index (χ3v) is 3.68. The Bertz CT molecular complexity index is 278. The lowest BCUT2D eigenvalue weighted by molar-refractivity contribution is -0.127. The van der Waals surface area contributed by atoms with E-state index in [9.17, 15) is 4.79 Å². The Morgan fingerprint density at radius 2 is 1.93 bits per heavy atom. The topological polar surface area (TPSA) is 52.9 Å². The van der Waals surface area contributed by atoms with Crippen LogP contribution in [0, 0.1) is 23.2 Å². The molecule has 0 radical (unpaired) electrons. The van der Waals surface area contributed by atoms with Gasteiger partial charge in [-0.2, -0.15) is 5.26 Å². The zero-order chi connectivity index (χ0) is 10.7. The van der Waals surface area contributed by atoms with Gasteiger partial charge in [0, 0.05) is 17.9 Å². The minimum absolute atomic E-state index is 0.101. The Balaban J connectivity index is 1.81. The van der Waals surface area contributed by atoms with E-state index in [2.05, 4.69) is 11.4 Å². The van der Waals surface area contributed by atoms with Crippen molar-refractivity contribution in [2.75, 3.05) is 0 Å². The van der Waals surface area contributed by atoms with Crippen molar-refractivity contribution in [3.63, 3.8) is 0 Å². The lowest BCUT2D eigenvalue weighted by atomic mass is 9.81. The van der Waals surface area contributed by atoms with E-state index in [1.807, 2.05) is 0 Å². The summed E-state index contributed by atoms with van der Waals surface area (Å²) in [7, 11) is 0. The first-order valence-corrected chi connectivity index (χ1v) is 5.99. The Kier molecular flexibility index (Phi) is 3.25. The van der Waals surface area contributed by atoms with Crippen LogP contribution in [0.4, 0.5) is 0 Å². The van der Waals surface area contributed by atoms with Gasteiger partial charge < -0.3 is 5.32 Å². The zero-order valence-electron chi connectivity index (χ0n) is 9.04. The van der Waals surface area contributed by atoms with Crippen LogP contribution < -0.4 is 5.32 Å². The number of amides is 1. The van der Waals surface area contributed by atoms with Crippen LogP contribution in [0.1, 0.15) is 44.9 Å². The molecule has 0 heterocycles. The molecule has 0 spiro atoms. The molecule has 3 nitrogen and oxygen atoms in total. The molecular formula is C12H18N2O. The summed E-state index contributed by atoms with van der Waals surface area (Å²) >= 11 is 0. The molecule has 2 aliphatic rings. The summed E-state index contributed by atoms with van der Waals surface area (Å²) < 4.78 is 0. The van der Waals surface area contributed by atoms with Gasteiger partial charge in [-0.15, -0.1) is 0 Å². The van der Waals surface area contributed by atoms with E-state index in [-0.39, 0.29) is 17.7 Å². The van der Waals surface area contributed by atoms with Crippen molar-refractivity contribution >= 4 is 5.91 Å². The second-order valence-corrected chi connectivity index (χ2v) is 4.83. The number of carbonyl (C=O) groups is 1. The zero-order valence-corrected chi connectivity index (χ0v) is 9.04. The first-order valence-electron chi connectivity index (χ1n) is 5.99. The molecule has 0 aromatic rings. The number of hydrogen-bond donors (Lipinski definition) is 1. The molecule has 0 aliphatic heterocycles. The van der Waals surface area contributed by atoms with E-state index < -0.39 is 0 Å². The highest BCUT2D eigenvalue weighted by Crippen LogP contribution is 2.29. The van der Waals surface area contributed by atoms with E-state index >= 15 is 0 Å². The molecule has 0 saturated heterocycles. The van der Waals surface area contributed by atoms with Gasteiger partial charge in [-0.25, -0.2) is 0 Å². The highest BCUT2D eigenvalue weighted by atomic mass is 16.1. The molecule has 2 saturated carbocycles. The Morgan fingerprint density at radius 3 is 2.53 bits per heavy atom. The fourth-order valence-electron chi connectivity index (χ4n) is 2.42. The van der Waals surface area contributed by atoms with Gasteiger partial charge in [0.25, 0.3) is 0 Å². The van der Waals surface area contributed by atoms with Crippen molar-refractivity contribution < 1.29 is 4.79 Å². The molecule has 0 aromatic carbocycles. The number of hydrogen-bond acceptors (Lipinski definition) is 2. The minimum atomic E-state index is 0.101. The first-order chi connectivity index (χ1) is 7.29. The average Bonchev–Trinajstić information content (AvgIpc) is 2.23. The van der Waals surface area contributed by atoms with Gasteiger partial charge in [-0.05, 0) is 38.5 Å². The Labute approximate surface area is 90.8 Å². The average molecular weight is 206 g/mol. The molecule has 2 unspecified atom stereocenters. The molecule has 2 aliphatic carbocycles. The van der Waals surface area contributed by atoms with Gasteiger partial charge >= 0.3 is 0 Å². The minimum Gasteiger partial charge on any atom is -0.353 e. The summed E-state index contributed by atoms with van der Waals surface area (Å²) in [4.78, 5) is 11.8. The van der Waals surface area contributed by atoms with Crippen LogP contribution >= 0.6 is 0 Å². The summed E-state index contributed by atoms with van der Waals surface area (Å²) in [5.41, 5.74) is 0. The third-order valence-electron chi connectivity index (χ3n) is 3.68. The van der Waals surface area contributed by atoms with Crippen LogP contribution in [0.3, 0.4) is 0 Å². The number of carbonyl (C=O) groups excluding carboxylic acids is 1. The van der Waals surface area contributed by atoms with E-state index in [1.165, 1.54) is 6.42 Å². The van der Waals surface area contributed by atoms with Crippen molar-refractivity contribution in [3.05, 3.63) is 0 Å². The number of nitrogens with zero attached hydrogens (tertiary/aromatic N) is 1. The van der Waals surface area contributed by atoms with Crippen molar-refractivity contribution in [3.8, 4) is 6.07 Å². The summed E-state index contributed by atoms with van der Waals surface area (Å²) in [6.07, 6.45) is 7.27. The van der Waals surface area contributed by atoms with Crippen molar-refractivity contribution in [1.82, 2.24) is 5.32 Å². The molecule has 82 valence electrons. The molecule has 2 rings (SSSR count). The van der Waals surface area contributed by atoms with Gasteiger partial charge in [-0.1, -0.05) is 6.42 Å². The number of rotatable bonds is 2. The van der Waals surface area contributed by atoms with Gasteiger partial charge in [0.1, 0.15) is 0 Å². The maximum Gasteiger partial charge on any atom is 0.223 e. The largest absolute Gasteiger partial charge is 0.353 e. The standard InChI is InChI=1S/C12H18N2O/c13-8-9-3-1-4-10(7-9)12(15)14-11-5-2-6-11/h9-11H,1-7H2,(H,14,15). The summed E-state index contributed by atoms with van der Waals surface area (Å²) in [6, 6.07) is 2.72. The van der Waals surface area contributed by atoms with Gasteiger partial charge in [0.05, 0.1) is 6.07 Å². The number of nitrogens with one attached hydrogen (secondary N) is 1. The van der Waals surface area contributed by atoms with Crippen LogP contribution in [0.25, 0.3) is 0 Å². The van der Waals surface area contributed by atoms with Gasteiger partial charge in [0.15, 0.2) is 0 Å². The van der Waals surface area contributed by atoms with Crippen LogP contribution in [0.5, 0.6) is 0 Å². The normalized spacial score (nSPS) is 31.4. The quantitative estimate of drug-likeness (QED) is 0.751. The molecule has 3 heteroatoms. The molecule has 0 aromatic heterocycles. The fraction of sp³-hybridized carbons (Fsp3) is 0.833. The van der Waals surface area contributed by atoms with Crippen LogP contribution in [-0.2, 0) is 4.79 Å². The highest BCUT2D eigenvalue weighted by Gasteiger charge is 2.29. The fourth-order valence-corrected chi connectivity index (χ4v) is 2.42. The first kappa shape index (κ1) is 10.5. The van der Waals surface area contributed by atoms with Crippen LogP contribution in [-0.4, -0.2) is 11.9 Å². The summed E-state index contributed by atoms with van der Waals surface area (Å²) in [5, 5.41) is 11.9. The molecular weight excluding hydrogens is 188 g/mol. The molecule has 15 heavy (non-hydrogen) atoms. The Hall–Kier alpha value is -1.04. The third kappa shape index (κ3) is 2.50. The van der Waals surface area contributed by atoms with Crippen molar-refractivity contribution in [2.24, 2.45) is 11.8 Å². The second-order valence-electron chi connectivity index (χ2n) is 4.83. The molecule has 2 atom stereocenters. The van der Waals surface area contributed by atoms with Crippen molar-refractivity contribution in [2.45, 2.75) is 51.0 Å². The molecule has 1 amide bonds. The van der Waals surface area contributed by atoms with E-state index in [4.69, 9.17) is 5.26 Å². The predicted molar refractivity (Wildman–Crippen MR) is 56.8 cm³/mol. The van der Waals surface area contributed by atoms with E-state index in [0.717, 1.165) is 38.5 Å². The lowest BCUT2D eigenvalue weighted by Crippen LogP contribution is -2.43. The molecule has 1 N–H and O–H groups in total. The SMILES string of the molecule is N#CC1CCCC(C(=O)NC2CCC2)C1. The van der Waals surface area contributed by atoms with Gasteiger partial charge in [0.2, 0.25) is 5.91 Å². The van der Waals surface area contributed by atoms with Crippen LogP contribution in [0.2, 0.25) is 0 Å². The second kappa shape index (κ2) is 4.65. The van der Waals surface area contributed by atoms with E-state index in [1.54, 1.807) is 0 Å². The van der Waals surface area contributed by atoms with E-state index in [0.29, 0.717) is 6.04 Å². The maximum atomic E-state index is 11.8. The maximum absolute atomic E-state index is 11.8. The number of nitriles is 1. The predicted octanol–water partition coefficient (Wildman–Crippen LogP) is 1.99.